The molecule has 21 heavy (non-hydrogen) atoms. The van der Waals surface area contributed by atoms with E-state index in [1.807, 2.05) is 10.3 Å². The molecule has 0 atom stereocenters. The Labute approximate surface area is 131 Å². The largest absolute Gasteiger partial charge is 0.382 e. The first-order valence-electron chi connectivity index (χ1n) is 6.31. The van der Waals surface area contributed by atoms with Gasteiger partial charge in [-0.1, -0.05) is 0 Å². The third-order valence-electron chi connectivity index (χ3n) is 3.28. The standard InChI is InChI=1S/C11H15N5O2S3/c1-21(17,18)8-9(12)14-20-10(8)15-3-5-16(6-4-15)11-13-2-7-19-11/h2,7H,3-6H2,1H3,(H2,12,14). The van der Waals surface area contributed by atoms with Gasteiger partial charge in [0.25, 0.3) is 0 Å². The summed E-state index contributed by atoms with van der Waals surface area (Å²) in [5, 5.41) is 3.60. The molecule has 0 saturated carbocycles. The number of thiazole rings is 1. The summed E-state index contributed by atoms with van der Waals surface area (Å²) in [5.41, 5.74) is 5.71. The number of nitrogens with zero attached hydrogens (tertiary/aromatic N) is 4. The lowest BCUT2D eigenvalue weighted by Crippen LogP contribution is -2.46. The number of piperazine rings is 1. The zero-order chi connectivity index (χ0) is 15.0. The number of anilines is 3. The monoisotopic (exact) mass is 345 g/mol. The van der Waals surface area contributed by atoms with Crippen LogP contribution in [0, 0.1) is 0 Å². The van der Waals surface area contributed by atoms with Crippen LogP contribution in [0.2, 0.25) is 0 Å². The molecule has 1 aliphatic heterocycles. The number of hydrogen-bond acceptors (Lipinski definition) is 9. The van der Waals surface area contributed by atoms with E-state index in [9.17, 15) is 8.42 Å². The first-order valence-corrected chi connectivity index (χ1v) is 9.86. The molecule has 1 fully saturated rings. The molecule has 2 aromatic heterocycles. The fourth-order valence-corrected chi connectivity index (χ4v) is 5.26. The van der Waals surface area contributed by atoms with Crippen LogP contribution in [0.15, 0.2) is 16.5 Å². The summed E-state index contributed by atoms with van der Waals surface area (Å²) in [5.74, 6) is 0.0971. The molecular formula is C11H15N5O2S3. The van der Waals surface area contributed by atoms with E-state index in [0.717, 1.165) is 42.8 Å². The van der Waals surface area contributed by atoms with Crippen molar-refractivity contribution >= 4 is 48.7 Å². The van der Waals surface area contributed by atoms with E-state index in [2.05, 4.69) is 14.3 Å². The van der Waals surface area contributed by atoms with Crippen molar-refractivity contribution in [3.8, 4) is 0 Å². The highest BCUT2D eigenvalue weighted by atomic mass is 32.2. The lowest BCUT2D eigenvalue weighted by molar-refractivity contribution is 0.600. The van der Waals surface area contributed by atoms with Gasteiger partial charge in [-0.15, -0.1) is 11.3 Å². The predicted molar refractivity (Wildman–Crippen MR) is 86.2 cm³/mol. The molecular weight excluding hydrogens is 330 g/mol. The van der Waals surface area contributed by atoms with Gasteiger partial charge in [0, 0.05) is 44.0 Å². The Morgan fingerprint density at radius 3 is 2.48 bits per heavy atom. The average Bonchev–Trinajstić information content (AvgIpc) is 3.07. The van der Waals surface area contributed by atoms with Gasteiger partial charge in [-0.05, 0) is 11.5 Å². The molecule has 0 amide bonds. The van der Waals surface area contributed by atoms with E-state index in [0.29, 0.717) is 5.00 Å². The molecule has 3 heterocycles. The van der Waals surface area contributed by atoms with E-state index >= 15 is 0 Å². The van der Waals surface area contributed by atoms with E-state index in [1.165, 1.54) is 6.26 Å². The number of nitrogen functional groups attached to an aromatic ring is 1. The van der Waals surface area contributed by atoms with Crippen LogP contribution in [-0.2, 0) is 9.84 Å². The Hall–Kier alpha value is -1.39. The second-order valence-electron chi connectivity index (χ2n) is 4.76. The second-order valence-corrected chi connectivity index (χ2v) is 8.34. The van der Waals surface area contributed by atoms with E-state index in [4.69, 9.17) is 5.73 Å². The van der Waals surface area contributed by atoms with Crippen LogP contribution in [-0.4, -0.2) is 50.2 Å². The summed E-state index contributed by atoms with van der Waals surface area (Å²) >= 11 is 2.76. The average molecular weight is 345 g/mol. The van der Waals surface area contributed by atoms with Crippen LogP contribution >= 0.6 is 22.9 Å². The minimum absolute atomic E-state index is 0.0971. The fourth-order valence-electron chi connectivity index (χ4n) is 2.31. The zero-order valence-electron chi connectivity index (χ0n) is 11.4. The van der Waals surface area contributed by atoms with Crippen LogP contribution < -0.4 is 15.5 Å². The molecule has 2 N–H and O–H groups in total. The van der Waals surface area contributed by atoms with Gasteiger partial charge in [0.1, 0.15) is 9.90 Å². The maximum Gasteiger partial charge on any atom is 0.185 e. The molecule has 10 heteroatoms. The number of hydrogen-bond donors (Lipinski definition) is 1. The normalized spacial score (nSPS) is 16.4. The first kappa shape index (κ1) is 14.5. The number of sulfone groups is 1. The summed E-state index contributed by atoms with van der Waals surface area (Å²) in [6.07, 6.45) is 2.96. The van der Waals surface area contributed by atoms with Crippen molar-refractivity contribution in [1.82, 2.24) is 9.36 Å². The topological polar surface area (TPSA) is 92.4 Å². The summed E-state index contributed by atoms with van der Waals surface area (Å²) in [7, 11) is -3.37. The van der Waals surface area contributed by atoms with Gasteiger partial charge >= 0.3 is 0 Å². The summed E-state index contributed by atoms with van der Waals surface area (Å²) < 4.78 is 27.7. The van der Waals surface area contributed by atoms with Gasteiger partial charge < -0.3 is 15.5 Å². The maximum atomic E-state index is 11.9. The highest BCUT2D eigenvalue weighted by Crippen LogP contribution is 2.35. The molecule has 7 nitrogen and oxygen atoms in total. The third-order valence-corrected chi connectivity index (χ3v) is 6.31. The zero-order valence-corrected chi connectivity index (χ0v) is 13.8. The van der Waals surface area contributed by atoms with Crippen LogP contribution in [0.3, 0.4) is 0 Å². The number of rotatable bonds is 3. The van der Waals surface area contributed by atoms with Crippen molar-refractivity contribution < 1.29 is 8.42 Å². The Morgan fingerprint density at radius 1 is 1.24 bits per heavy atom. The Morgan fingerprint density at radius 2 is 1.90 bits per heavy atom. The van der Waals surface area contributed by atoms with Crippen molar-refractivity contribution in [2.45, 2.75) is 4.90 Å². The molecule has 1 saturated heterocycles. The molecule has 0 bridgehead atoms. The van der Waals surface area contributed by atoms with E-state index < -0.39 is 9.84 Å². The molecule has 0 aromatic carbocycles. The van der Waals surface area contributed by atoms with Gasteiger partial charge in [0.15, 0.2) is 20.8 Å². The lowest BCUT2D eigenvalue weighted by atomic mass is 10.3. The van der Waals surface area contributed by atoms with Crippen LogP contribution in [0.25, 0.3) is 0 Å². The van der Waals surface area contributed by atoms with Gasteiger partial charge in [-0.25, -0.2) is 13.4 Å². The van der Waals surface area contributed by atoms with Crippen molar-refractivity contribution in [2.75, 3.05) is 48.0 Å². The van der Waals surface area contributed by atoms with E-state index in [-0.39, 0.29) is 10.7 Å². The molecule has 0 aliphatic carbocycles. The van der Waals surface area contributed by atoms with Crippen LogP contribution in [0.5, 0.6) is 0 Å². The quantitative estimate of drug-likeness (QED) is 0.884. The highest BCUT2D eigenvalue weighted by Gasteiger charge is 2.28. The summed E-state index contributed by atoms with van der Waals surface area (Å²) in [6, 6.07) is 0. The number of nitrogens with two attached hydrogens (primary N) is 1. The predicted octanol–water partition coefficient (Wildman–Crippen LogP) is 0.912. The smallest absolute Gasteiger partial charge is 0.185 e. The van der Waals surface area contributed by atoms with Crippen LogP contribution in [0.1, 0.15) is 0 Å². The molecule has 0 unspecified atom stereocenters. The summed E-state index contributed by atoms with van der Waals surface area (Å²) in [6.45, 7) is 3.05. The van der Waals surface area contributed by atoms with Gasteiger partial charge in [-0.3, -0.25) is 0 Å². The van der Waals surface area contributed by atoms with Gasteiger partial charge in [0.05, 0.1) is 0 Å². The van der Waals surface area contributed by atoms with E-state index in [1.54, 1.807) is 17.5 Å². The SMILES string of the molecule is CS(=O)(=O)c1c(N)nsc1N1CCN(c2nccs2)CC1. The molecule has 1 aliphatic rings. The molecule has 3 rings (SSSR count). The highest BCUT2D eigenvalue weighted by molar-refractivity contribution is 7.91. The first-order chi connectivity index (χ1) is 9.97. The Balaban J connectivity index is 1.79. The Kier molecular flexibility index (Phi) is 3.76. The molecule has 0 radical (unpaired) electrons. The lowest BCUT2D eigenvalue weighted by Gasteiger charge is -2.35. The summed E-state index contributed by atoms with van der Waals surface area (Å²) in [4.78, 5) is 8.70. The van der Waals surface area contributed by atoms with Crippen molar-refractivity contribution in [3.05, 3.63) is 11.6 Å². The van der Waals surface area contributed by atoms with Crippen molar-refractivity contribution in [2.24, 2.45) is 0 Å². The third kappa shape index (κ3) is 2.83. The fraction of sp³-hybridized carbons (Fsp3) is 0.455. The van der Waals surface area contributed by atoms with Gasteiger partial charge in [-0.2, -0.15) is 4.37 Å². The minimum atomic E-state index is -3.37. The Bertz CT molecular complexity index is 717. The van der Waals surface area contributed by atoms with Gasteiger partial charge in [0.2, 0.25) is 0 Å². The van der Waals surface area contributed by atoms with Crippen molar-refractivity contribution in [1.29, 1.82) is 0 Å². The molecule has 0 spiro atoms. The van der Waals surface area contributed by atoms with Crippen molar-refractivity contribution in [3.63, 3.8) is 0 Å². The second kappa shape index (κ2) is 5.43. The minimum Gasteiger partial charge on any atom is -0.382 e. The molecule has 114 valence electrons. The molecule has 2 aromatic rings. The van der Waals surface area contributed by atoms with Crippen LogP contribution in [0.4, 0.5) is 16.0 Å². The maximum absolute atomic E-state index is 11.9. The number of aromatic nitrogens is 2.